The zero-order chi connectivity index (χ0) is 30.4. The van der Waals surface area contributed by atoms with Crippen molar-refractivity contribution in [1.82, 2.24) is 9.78 Å². The third kappa shape index (κ3) is 4.53. The van der Waals surface area contributed by atoms with Crippen LogP contribution in [0.15, 0.2) is 107 Å². The van der Waals surface area contributed by atoms with Crippen molar-refractivity contribution in [1.29, 1.82) is 0 Å². The summed E-state index contributed by atoms with van der Waals surface area (Å²) in [5, 5.41) is 29.3. The van der Waals surface area contributed by atoms with Crippen LogP contribution in [0.2, 0.25) is 0 Å². The predicted molar refractivity (Wildman–Crippen MR) is 177 cm³/mol. The maximum atomic E-state index is 10.6. The van der Waals surface area contributed by atoms with E-state index >= 15 is 0 Å². The van der Waals surface area contributed by atoms with Gasteiger partial charge in [0.25, 0.3) is 0 Å². The van der Waals surface area contributed by atoms with Crippen LogP contribution in [-0.2, 0) is 0 Å². The van der Waals surface area contributed by atoms with Crippen LogP contribution in [0.5, 0.6) is 11.5 Å². The van der Waals surface area contributed by atoms with Crippen LogP contribution < -0.4 is 15.1 Å². The molecule has 2 aliphatic rings. The summed E-state index contributed by atoms with van der Waals surface area (Å²) in [7, 11) is 0. The molecule has 3 N–H and O–H groups in total. The molecule has 0 unspecified atom stereocenters. The van der Waals surface area contributed by atoms with Crippen molar-refractivity contribution in [3.05, 3.63) is 114 Å². The molecule has 3 heterocycles. The van der Waals surface area contributed by atoms with E-state index in [2.05, 4.69) is 53.2 Å². The van der Waals surface area contributed by atoms with Gasteiger partial charge in [0.05, 0.1) is 28.8 Å². The van der Waals surface area contributed by atoms with Crippen molar-refractivity contribution < 1.29 is 10.2 Å². The van der Waals surface area contributed by atoms with Gasteiger partial charge < -0.3 is 25.3 Å². The van der Waals surface area contributed by atoms with Gasteiger partial charge >= 0.3 is 0 Å². The maximum Gasteiger partial charge on any atom is 0.179 e. The van der Waals surface area contributed by atoms with E-state index in [9.17, 15) is 10.2 Å². The summed E-state index contributed by atoms with van der Waals surface area (Å²) < 4.78 is 1.86. The number of fused-ring (bicyclic) bond motifs is 4. The molecule has 0 amide bonds. The Hall–Kier alpha value is -5.57. The van der Waals surface area contributed by atoms with Crippen LogP contribution in [-0.4, -0.2) is 44.8 Å². The first-order valence-corrected chi connectivity index (χ1v) is 14.8. The minimum Gasteiger partial charge on any atom is -0.504 e. The van der Waals surface area contributed by atoms with Crippen LogP contribution in [0.1, 0.15) is 36.7 Å². The second kappa shape index (κ2) is 10.9. The monoisotopic (exact) mass is 583 g/mol. The van der Waals surface area contributed by atoms with Gasteiger partial charge in [-0.05, 0) is 87.0 Å². The zero-order valence-corrected chi connectivity index (χ0v) is 24.8. The van der Waals surface area contributed by atoms with Gasteiger partial charge in [-0.2, -0.15) is 5.10 Å². The van der Waals surface area contributed by atoms with Crippen molar-refractivity contribution in [2.45, 2.75) is 26.8 Å². The molecular formula is C35H33N7O2. The first-order valence-electron chi connectivity index (χ1n) is 14.8. The lowest BCUT2D eigenvalue weighted by Gasteiger charge is -2.40. The molecule has 0 saturated carbocycles. The fraction of sp³-hybridized carbons (Fsp3) is 0.171. The van der Waals surface area contributed by atoms with Crippen LogP contribution in [0.25, 0.3) is 5.69 Å². The Morgan fingerprint density at radius 1 is 0.818 bits per heavy atom. The number of aliphatic imine (C=N–C) groups is 2. The summed E-state index contributed by atoms with van der Waals surface area (Å²) in [6.07, 6.45) is 0. The molecule has 7 rings (SSSR count). The van der Waals surface area contributed by atoms with Crippen molar-refractivity contribution in [3.8, 4) is 17.2 Å². The van der Waals surface area contributed by atoms with E-state index in [4.69, 9.17) is 15.1 Å². The Morgan fingerprint density at radius 3 is 2.27 bits per heavy atom. The Kier molecular flexibility index (Phi) is 6.77. The van der Waals surface area contributed by atoms with E-state index < -0.39 is 6.04 Å². The van der Waals surface area contributed by atoms with Gasteiger partial charge in [-0.1, -0.05) is 36.4 Å². The first kappa shape index (κ1) is 27.3. The summed E-state index contributed by atoms with van der Waals surface area (Å²) in [5.41, 5.74) is 7.10. The summed E-state index contributed by atoms with van der Waals surface area (Å²) in [6.45, 7) is 8.15. The molecule has 0 saturated heterocycles. The topological polar surface area (TPSA) is 102 Å². The quantitative estimate of drug-likeness (QED) is 0.182. The highest BCUT2D eigenvalue weighted by Crippen LogP contribution is 2.49. The second-order valence-electron chi connectivity index (χ2n) is 10.8. The van der Waals surface area contributed by atoms with E-state index in [1.807, 2.05) is 72.3 Å². The van der Waals surface area contributed by atoms with Gasteiger partial charge in [-0.3, -0.25) is 0 Å². The van der Waals surface area contributed by atoms with Crippen LogP contribution in [0.3, 0.4) is 0 Å². The molecule has 5 aromatic rings. The number of hydrogen-bond acceptors (Lipinski definition) is 8. The Morgan fingerprint density at radius 2 is 1.55 bits per heavy atom. The van der Waals surface area contributed by atoms with Crippen molar-refractivity contribution in [2.75, 3.05) is 28.2 Å². The number of nitrogens with zero attached hydrogens (tertiary/aromatic N) is 6. The van der Waals surface area contributed by atoms with E-state index in [-0.39, 0.29) is 11.5 Å². The average Bonchev–Trinajstić information content (AvgIpc) is 3.39. The van der Waals surface area contributed by atoms with Crippen LogP contribution in [0.4, 0.5) is 28.6 Å². The average molecular weight is 584 g/mol. The third-order valence-electron chi connectivity index (χ3n) is 8.21. The molecule has 0 aliphatic carbocycles. The predicted octanol–water partition coefficient (Wildman–Crippen LogP) is 7.23. The molecular weight excluding hydrogens is 550 g/mol. The Balaban J connectivity index is 1.43. The number of amidine groups is 2. The third-order valence-corrected chi connectivity index (χ3v) is 8.21. The lowest BCUT2D eigenvalue weighted by molar-refractivity contribution is 0.403. The molecule has 9 heteroatoms. The van der Waals surface area contributed by atoms with E-state index in [1.165, 1.54) is 6.07 Å². The number of aryl methyl sites for hydroxylation is 1. The van der Waals surface area contributed by atoms with Gasteiger partial charge in [0.1, 0.15) is 0 Å². The molecule has 1 aromatic heterocycles. The van der Waals surface area contributed by atoms with Gasteiger partial charge in [0.2, 0.25) is 0 Å². The number of aromatic nitrogens is 2. The molecule has 0 spiro atoms. The standard InChI is InChI=1S/C35H33N7O2/c1-4-40(5-2)25-18-16-24(17-19-25)36-33-35-38-34-31(22(3)39-42(34)26-11-7-6-8-12-26)32(23-15-20-29(43)30(44)21-23)41(35)28-14-10-9-13-27(28)37-33/h6-21,32,43-44H,4-5H2,1-3H3,(H,36,37)/t32-/m1/s1. The summed E-state index contributed by atoms with van der Waals surface area (Å²) in [6, 6.07) is 30.8. The summed E-state index contributed by atoms with van der Waals surface area (Å²) >= 11 is 0. The fourth-order valence-corrected chi connectivity index (χ4v) is 6.05. The van der Waals surface area contributed by atoms with Gasteiger partial charge in [0.15, 0.2) is 29.0 Å². The Labute approximate surface area is 256 Å². The van der Waals surface area contributed by atoms with Gasteiger partial charge in [-0.25, -0.2) is 14.7 Å². The summed E-state index contributed by atoms with van der Waals surface area (Å²) in [4.78, 5) is 14.8. The molecule has 0 bridgehead atoms. The number of anilines is 3. The molecule has 220 valence electrons. The highest BCUT2D eigenvalue weighted by molar-refractivity contribution is 6.51. The van der Waals surface area contributed by atoms with Crippen LogP contribution in [0, 0.1) is 6.92 Å². The number of phenolic OH excluding ortho intramolecular Hbond substituents is 2. The normalized spacial score (nSPS) is 15.1. The lowest BCUT2D eigenvalue weighted by atomic mass is 9.93. The largest absolute Gasteiger partial charge is 0.504 e. The number of aromatic hydroxyl groups is 2. The Bertz CT molecular complexity index is 1910. The number of para-hydroxylation sites is 3. The number of nitrogens with one attached hydrogen (secondary N) is 1. The zero-order valence-electron chi connectivity index (χ0n) is 24.8. The van der Waals surface area contributed by atoms with E-state index in [0.717, 1.165) is 58.3 Å². The number of hydrogen-bond donors (Lipinski definition) is 3. The van der Waals surface area contributed by atoms with Crippen molar-refractivity contribution in [3.63, 3.8) is 0 Å². The molecule has 0 radical (unpaired) electrons. The number of rotatable bonds is 6. The molecule has 9 nitrogen and oxygen atoms in total. The maximum absolute atomic E-state index is 10.6. The van der Waals surface area contributed by atoms with Gasteiger partial charge in [-0.15, -0.1) is 0 Å². The van der Waals surface area contributed by atoms with E-state index in [0.29, 0.717) is 17.5 Å². The minimum absolute atomic E-state index is 0.175. The minimum atomic E-state index is -0.417. The molecule has 44 heavy (non-hydrogen) atoms. The molecule has 1 atom stereocenters. The lowest BCUT2D eigenvalue weighted by Crippen LogP contribution is -2.46. The highest BCUT2D eigenvalue weighted by atomic mass is 16.3. The SMILES string of the molecule is CCN(CC)c1ccc(NC2=Nc3ccccc3N3C2=Nc2c(c(C)nn2-c2ccccc2)[C@H]3c2ccc(O)c(O)c2)cc1. The summed E-state index contributed by atoms with van der Waals surface area (Å²) in [5.74, 6) is 1.54. The molecule has 4 aromatic carbocycles. The van der Waals surface area contributed by atoms with Crippen molar-refractivity contribution in [2.24, 2.45) is 9.98 Å². The van der Waals surface area contributed by atoms with Crippen LogP contribution >= 0.6 is 0 Å². The number of benzene rings is 4. The second-order valence-corrected chi connectivity index (χ2v) is 10.8. The molecule has 2 aliphatic heterocycles. The van der Waals surface area contributed by atoms with Crippen molar-refractivity contribution >= 4 is 40.2 Å². The highest BCUT2D eigenvalue weighted by Gasteiger charge is 2.41. The number of phenols is 2. The van der Waals surface area contributed by atoms with E-state index in [1.54, 1.807) is 6.07 Å². The molecule has 0 fully saturated rings. The van der Waals surface area contributed by atoms with Gasteiger partial charge in [0, 0.05) is 30.0 Å². The first-order chi connectivity index (χ1) is 21.5. The fourth-order valence-electron chi connectivity index (χ4n) is 6.05. The smallest absolute Gasteiger partial charge is 0.179 e.